The number of hydrogen-bond donors (Lipinski definition) is 2. The molecule has 2 rings (SSSR count). The molecule has 6 heteroatoms. The second kappa shape index (κ2) is 8.02. The molecule has 1 amide bonds. The fourth-order valence-corrected chi connectivity index (χ4v) is 2.62. The van der Waals surface area contributed by atoms with Crippen LogP contribution in [-0.2, 0) is 6.54 Å². The predicted molar refractivity (Wildman–Crippen MR) is 94.8 cm³/mol. The third kappa shape index (κ3) is 5.40. The van der Waals surface area contributed by atoms with Gasteiger partial charge in [-0.3, -0.25) is 10.1 Å². The molecule has 1 atom stereocenters. The Morgan fingerprint density at radius 1 is 1.09 bits per heavy atom. The van der Waals surface area contributed by atoms with Crippen LogP contribution in [0.1, 0.15) is 21.5 Å². The van der Waals surface area contributed by atoms with Crippen molar-refractivity contribution in [3.05, 3.63) is 71.3 Å². The number of nitrogens with one attached hydrogen (secondary N) is 1. The molecule has 3 N–H and O–H groups in total. The highest BCUT2D eigenvalue weighted by Crippen LogP contribution is 2.27. The standard InChI is InChI=1S/C17H17Cl3N2O/c1-12-7-5-6-10-14(12)15(23)22-16(17(18,19)20)21-11-13-8-3-2-4-9-13/h2-10,16,21H,11H2,1H3,(H,22,23)/p+1. The highest BCUT2D eigenvalue weighted by molar-refractivity contribution is 6.68. The van der Waals surface area contributed by atoms with E-state index in [0.717, 1.165) is 11.1 Å². The molecule has 0 fully saturated rings. The maximum absolute atomic E-state index is 12.4. The minimum Gasteiger partial charge on any atom is -0.319 e. The van der Waals surface area contributed by atoms with Gasteiger partial charge in [0.2, 0.25) is 6.17 Å². The predicted octanol–water partition coefficient (Wildman–Crippen LogP) is 3.18. The van der Waals surface area contributed by atoms with E-state index >= 15 is 0 Å². The topological polar surface area (TPSA) is 45.7 Å². The van der Waals surface area contributed by atoms with Crippen LogP contribution in [0.15, 0.2) is 54.6 Å². The monoisotopic (exact) mass is 371 g/mol. The van der Waals surface area contributed by atoms with Crippen LogP contribution in [0, 0.1) is 6.92 Å². The van der Waals surface area contributed by atoms with Gasteiger partial charge in [-0.1, -0.05) is 83.3 Å². The third-order valence-corrected chi connectivity index (χ3v) is 4.17. The van der Waals surface area contributed by atoms with Crippen molar-refractivity contribution in [1.29, 1.82) is 0 Å². The first-order chi connectivity index (χ1) is 10.9. The van der Waals surface area contributed by atoms with Gasteiger partial charge in [0.15, 0.2) is 0 Å². The van der Waals surface area contributed by atoms with Gasteiger partial charge in [0, 0.05) is 11.1 Å². The minimum absolute atomic E-state index is 0.260. The highest BCUT2D eigenvalue weighted by atomic mass is 35.6. The number of alkyl halides is 3. The largest absolute Gasteiger partial charge is 0.319 e. The van der Waals surface area contributed by atoms with Gasteiger partial charge in [-0.25, -0.2) is 0 Å². The lowest BCUT2D eigenvalue weighted by Crippen LogP contribution is -2.95. The molecule has 0 bridgehead atoms. The number of rotatable bonds is 5. The first-order valence-corrected chi connectivity index (χ1v) is 8.32. The Hall–Kier alpha value is -1.26. The maximum Gasteiger partial charge on any atom is 0.262 e. The summed E-state index contributed by atoms with van der Waals surface area (Å²) in [6.07, 6.45) is -0.695. The zero-order valence-corrected chi connectivity index (χ0v) is 14.9. The molecule has 23 heavy (non-hydrogen) atoms. The molecule has 0 aliphatic heterocycles. The van der Waals surface area contributed by atoms with E-state index in [9.17, 15) is 4.79 Å². The van der Waals surface area contributed by atoms with Gasteiger partial charge in [-0.15, -0.1) is 0 Å². The normalized spacial score (nSPS) is 12.7. The van der Waals surface area contributed by atoms with E-state index in [1.807, 2.05) is 49.4 Å². The summed E-state index contributed by atoms with van der Waals surface area (Å²) in [6.45, 7) is 2.46. The van der Waals surface area contributed by atoms with Crippen molar-refractivity contribution >= 4 is 40.7 Å². The van der Waals surface area contributed by atoms with Gasteiger partial charge in [-0.05, 0) is 18.6 Å². The lowest BCUT2D eigenvalue weighted by molar-refractivity contribution is -0.706. The van der Waals surface area contributed by atoms with Crippen LogP contribution in [0.25, 0.3) is 0 Å². The summed E-state index contributed by atoms with van der Waals surface area (Å²) in [6, 6.07) is 17.1. The molecule has 1 unspecified atom stereocenters. The van der Waals surface area contributed by atoms with E-state index in [4.69, 9.17) is 34.8 Å². The fraction of sp³-hybridized carbons (Fsp3) is 0.235. The number of quaternary nitrogens is 1. The van der Waals surface area contributed by atoms with Gasteiger partial charge >= 0.3 is 0 Å². The first-order valence-electron chi connectivity index (χ1n) is 7.18. The molecule has 122 valence electrons. The third-order valence-electron chi connectivity index (χ3n) is 3.46. The lowest BCUT2D eigenvalue weighted by Gasteiger charge is -2.23. The summed E-state index contributed by atoms with van der Waals surface area (Å²) >= 11 is 18.1. The smallest absolute Gasteiger partial charge is 0.262 e. The van der Waals surface area contributed by atoms with Crippen LogP contribution < -0.4 is 10.6 Å². The maximum atomic E-state index is 12.4. The van der Waals surface area contributed by atoms with Gasteiger partial charge in [-0.2, -0.15) is 0 Å². The van der Waals surface area contributed by atoms with E-state index in [1.54, 1.807) is 17.4 Å². The fourth-order valence-electron chi connectivity index (χ4n) is 2.19. The quantitative estimate of drug-likeness (QED) is 0.614. The number of carbonyl (C=O) groups is 1. The highest BCUT2D eigenvalue weighted by Gasteiger charge is 2.37. The Balaban J connectivity index is 2.07. The number of nitrogens with two attached hydrogens (primary N) is 1. The Labute approximate surface area is 150 Å². The van der Waals surface area contributed by atoms with E-state index in [0.29, 0.717) is 12.1 Å². The van der Waals surface area contributed by atoms with E-state index in [-0.39, 0.29) is 5.91 Å². The minimum atomic E-state index is -1.62. The first kappa shape index (κ1) is 18.1. The molecule has 0 aliphatic carbocycles. The van der Waals surface area contributed by atoms with Crippen molar-refractivity contribution in [1.82, 2.24) is 5.32 Å². The van der Waals surface area contributed by atoms with Gasteiger partial charge in [0.1, 0.15) is 6.54 Å². The SMILES string of the molecule is Cc1ccccc1C(=O)NC([NH2+]Cc1ccccc1)C(Cl)(Cl)Cl. The van der Waals surface area contributed by atoms with Crippen LogP contribution >= 0.6 is 34.8 Å². The van der Waals surface area contributed by atoms with Crippen molar-refractivity contribution < 1.29 is 10.1 Å². The van der Waals surface area contributed by atoms with Crippen LogP contribution in [0.5, 0.6) is 0 Å². The Bertz CT molecular complexity index is 656. The molecule has 0 radical (unpaired) electrons. The molecule has 0 aromatic heterocycles. The molecule has 0 heterocycles. The van der Waals surface area contributed by atoms with Gasteiger partial charge < -0.3 is 5.32 Å². The lowest BCUT2D eigenvalue weighted by atomic mass is 10.1. The molecule has 2 aromatic carbocycles. The van der Waals surface area contributed by atoms with E-state index in [1.165, 1.54) is 0 Å². The Morgan fingerprint density at radius 3 is 2.30 bits per heavy atom. The summed E-state index contributed by atoms with van der Waals surface area (Å²) in [7, 11) is 0. The van der Waals surface area contributed by atoms with Crippen LogP contribution in [0.4, 0.5) is 0 Å². The molecule has 0 saturated carbocycles. The average molecular weight is 373 g/mol. The molecule has 2 aromatic rings. The van der Waals surface area contributed by atoms with Gasteiger partial charge in [0.25, 0.3) is 9.70 Å². The summed E-state index contributed by atoms with van der Waals surface area (Å²) in [5.41, 5.74) is 2.52. The molecular weight excluding hydrogens is 355 g/mol. The number of benzene rings is 2. The molecule has 0 aliphatic rings. The van der Waals surface area contributed by atoms with Crippen molar-refractivity contribution in [2.75, 3.05) is 0 Å². The summed E-state index contributed by atoms with van der Waals surface area (Å²) in [4.78, 5) is 12.4. The van der Waals surface area contributed by atoms with Crippen molar-refractivity contribution in [2.45, 2.75) is 23.4 Å². The number of aryl methyl sites for hydroxylation is 1. The molecule has 0 spiro atoms. The van der Waals surface area contributed by atoms with Crippen LogP contribution in [-0.4, -0.2) is 15.9 Å². The number of halogens is 3. The van der Waals surface area contributed by atoms with Crippen molar-refractivity contribution in [3.63, 3.8) is 0 Å². The van der Waals surface area contributed by atoms with Crippen molar-refractivity contribution in [2.24, 2.45) is 0 Å². The summed E-state index contributed by atoms with van der Waals surface area (Å²) < 4.78 is -1.62. The number of carbonyl (C=O) groups excluding carboxylic acids is 1. The zero-order valence-electron chi connectivity index (χ0n) is 12.6. The van der Waals surface area contributed by atoms with Gasteiger partial charge in [0.05, 0.1) is 0 Å². The summed E-state index contributed by atoms with van der Waals surface area (Å²) in [5, 5.41) is 4.60. The van der Waals surface area contributed by atoms with E-state index in [2.05, 4.69) is 5.32 Å². The second-order valence-electron chi connectivity index (χ2n) is 5.23. The van der Waals surface area contributed by atoms with Crippen molar-refractivity contribution in [3.8, 4) is 0 Å². The molecular formula is C17H18Cl3N2O+. The summed E-state index contributed by atoms with van der Waals surface area (Å²) in [5.74, 6) is -0.260. The number of hydrogen-bond acceptors (Lipinski definition) is 1. The van der Waals surface area contributed by atoms with Crippen LogP contribution in [0.2, 0.25) is 0 Å². The Kier molecular flexibility index (Phi) is 6.31. The zero-order chi connectivity index (χ0) is 16.9. The van der Waals surface area contributed by atoms with E-state index < -0.39 is 9.96 Å². The number of amides is 1. The molecule has 3 nitrogen and oxygen atoms in total. The molecule has 0 saturated heterocycles. The second-order valence-corrected chi connectivity index (χ2v) is 7.60. The van der Waals surface area contributed by atoms with Crippen LogP contribution in [0.3, 0.4) is 0 Å². The average Bonchev–Trinajstić information content (AvgIpc) is 2.51. The Morgan fingerprint density at radius 2 is 1.70 bits per heavy atom.